The second kappa shape index (κ2) is 8.43. The van der Waals surface area contributed by atoms with Crippen LogP contribution < -0.4 is 5.32 Å². The lowest BCUT2D eigenvalue weighted by Crippen LogP contribution is -2.43. The molecule has 24 heavy (non-hydrogen) atoms. The largest absolute Gasteiger partial charge is 0.335 e. The second-order valence-corrected chi connectivity index (χ2v) is 6.42. The number of hydrogen-bond acceptors (Lipinski definition) is 3. The average molecular weight is 326 g/mol. The number of nitrogens with zero attached hydrogens (tertiary/aromatic N) is 3. The van der Waals surface area contributed by atoms with Crippen molar-refractivity contribution in [1.82, 2.24) is 20.2 Å². The number of hydrogen-bond donors (Lipinski definition) is 1. The molecule has 1 aromatic heterocycles. The van der Waals surface area contributed by atoms with Gasteiger partial charge in [-0.2, -0.15) is 0 Å². The molecule has 0 saturated heterocycles. The second-order valence-electron chi connectivity index (χ2n) is 6.42. The summed E-state index contributed by atoms with van der Waals surface area (Å²) in [4.78, 5) is 22.2. The molecule has 0 aliphatic heterocycles. The third-order valence-electron chi connectivity index (χ3n) is 3.86. The number of amides is 2. The third-order valence-corrected chi connectivity index (χ3v) is 3.86. The lowest BCUT2D eigenvalue weighted by atomic mass is 10.0. The van der Waals surface area contributed by atoms with Crippen molar-refractivity contribution in [2.45, 2.75) is 39.7 Å². The number of carbonyl (C=O) groups is 1. The van der Waals surface area contributed by atoms with E-state index in [1.807, 2.05) is 6.92 Å². The van der Waals surface area contributed by atoms with Crippen LogP contribution in [-0.2, 0) is 12.8 Å². The predicted octanol–water partition coefficient (Wildman–Crippen LogP) is 2.91. The normalized spacial score (nSPS) is 11.8. The summed E-state index contributed by atoms with van der Waals surface area (Å²) in [5.41, 5.74) is 4.65. The predicted molar refractivity (Wildman–Crippen MR) is 96.0 cm³/mol. The fourth-order valence-corrected chi connectivity index (χ4v) is 2.76. The summed E-state index contributed by atoms with van der Waals surface area (Å²) in [6.45, 7) is 6.84. The Morgan fingerprint density at radius 2 is 1.92 bits per heavy atom. The van der Waals surface area contributed by atoms with Gasteiger partial charge in [0.25, 0.3) is 0 Å². The van der Waals surface area contributed by atoms with Crippen molar-refractivity contribution >= 4 is 6.03 Å². The highest BCUT2D eigenvalue weighted by Gasteiger charge is 2.13. The standard InChI is InChI=1S/C19H26N4O/c1-14-9-15(2)11-17(10-14)12-16(3)22-19(24)23(4)8-5-18-13-20-6-7-21-18/h6-7,9-11,13,16H,5,8,12H2,1-4H3,(H,22,24). The van der Waals surface area contributed by atoms with Crippen molar-refractivity contribution in [3.63, 3.8) is 0 Å². The summed E-state index contributed by atoms with van der Waals surface area (Å²) in [6.07, 6.45) is 6.57. The van der Waals surface area contributed by atoms with E-state index in [1.165, 1.54) is 16.7 Å². The molecular weight excluding hydrogens is 300 g/mol. The summed E-state index contributed by atoms with van der Waals surface area (Å²) in [6, 6.07) is 6.53. The first-order chi connectivity index (χ1) is 11.4. The van der Waals surface area contributed by atoms with Crippen molar-refractivity contribution in [3.05, 3.63) is 59.2 Å². The Bertz CT molecular complexity index is 652. The van der Waals surface area contributed by atoms with Gasteiger partial charge in [-0.25, -0.2) is 4.79 Å². The summed E-state index contributed by atoms with van der Waals surface area (Å²) < 4.78 is 0. The third kappa shape index (κ3) is 5.65. The molecule has 1 unspecified atom stereocenters. The topological polar surface area (TPSA) is 58.1 Å². The highest BCUT2D eigenvalue weighted by Crippen LogP contribution is 2.11. The van der Waals surface area contributed by atoms with Gasteiger partial charge in [-0.3, -0.25) is 9.97 Å². The van der Waals surface area contributed by atoms with Gasteiger partial charge in [0.15, 0.2) is 0 Å². The number of rotatable bonds is 6. The number of benzene rings is 1. The maximum absolute atomic E-state index is 12.3. The Hall–Kier alpha value is -2.43. The van der Waals surface area contributed by atoms with Crippen LogP contribution in [0.5, 0.6) is 0 Å². The van der Waals surface area contributed by atoms with Gasteiger partial charge >= 0.3 is 6.03 Å². The molecule has 5 nitrogen and oxygen atoms in total. The van der Waals surface area contributed by atoms with Crippen LogP contribution in [0.1, 0.15) is 29.3 Å². The van der Waals surface area contributed by atoms with Crippen LogP contribution >= 0.6 is 0 Å². The van der Waals surface area contributed by atoms with E-state index in [2.05, 4.69) is 47.3 Å². The van der Waals surface area contributed by atoms with Crippen LogP contribution in [0.15, 0.2) is 36.8 Å². The van der Waals surface area contributed by atoms with Crippen LogP contribution in [0.4, 0.5) is 4.79 Å². The van der Waals surface area contributed by atoms with Crippen molar-refractivity contribution in [2.75, 3.05) is 13.6 Å². The minimum atomic E-state index is -0.0595. The van der Waals surface area contributed by atoms with E-state index < -0.39 is 0 Å². The Kier molecular flexibility index (Phi) is 6.29. The molecule has 0 spiro atoms. The molecule has 0 aliphatic rings. The van der Waals surface area contributed by atoms with Crippen LogP contribution in [0.3, 0.4) is 0 Å². The molecule has 1 aromatic carbocycles. The highest BCUT2D eigenvalue weighted by molar-refractivity contribution is 5.74. The molecule has 0 bridgehead atoms. The Morgan fingerprint density at radius 1 is 1.21 bits per heavy atom. The number of aryl methyl sites for hydroxylation is 2. The molecule has 5 heteroatoms. The zero-order chi connectivity index (χ0) is 17.5. The van der Waals surface area contributed by atoms with E-state index >= 15 is 0 Å². The first kappa shape index (κ1) is 17.9. The van der Waals surface area contributed by atoms with Crippen LogP contribution in [0.2, 0.25) is 0 Å². The van der Waals surface area contributed by atoms with Gasteiger partial charge in [0.1, 0.15) is 0 Å². The molecule has 2 amide bonds. The minimum absolute atomic E-state index is 0.0595. The molecule has 1 heterocycles. The molecule has 128 valence electrons. The zero-order valence-corrected chi connectivity index (χ0v) is 14.9. The molecule has 1 N–H and O–H groups in total. The van der Waals surface area contributed by atoms with Crippen molar-refractivity contribution in [2.24, 2.45) is 0 Å². The van der Waals surface area contributed by atoms with E-state index in [1.54, 1.807) is 30.5 Å². The van der Waals surface area contributed by atoms with Gasteiger partial charge in [0.05, 0.1) is 5.69 Å². The van der Waals surface area contributed by atoms with E-state index in [4.69, 9.17) is 0 Å². The lowest BCUT2D eigenvalue weighted by molar-refractivity contribution is 0.205. The summed E-state index contributed by atoms with van der Waals surface area (Å²) in [5.74, 6) is 0. The molecule has 0 aliphatic carbocycles. The van der Waals surface area contributed by atoms with Gasteiger partial charge in [-0.15, -0.1) is 0 Å². The first-order valence-corrected chi connectivity index (χ1v) is 8.27. The average Bonchev–Trinajstić information content (AvgIpc) is 2.52. The molecule has 0 fully saturated rings. The maximum atomic E-state index is 12.3. The number of carbonyl (C=O) groups excluding carboxylic acids is 1. The van der Waals surface area contributed by atoms with Gasteiger partial charge < -0.3 is 10.2 Å². The summed E-state index contributed by atoms with van der Waals surface area (Å²) in [7, 11) is 1.80. The molecular formula is C19H26N4O. The Morgan fingerprint density at radius 3 is 2.54 bits per heavy atom. The first-order valence-electron chi connectivity index (χ1n) is 8.27. The molecule has 0 radical (unpaired) electrons. The van der Waals surface area contributed by atoms with E-state index in [0.717, 1.165) is 12.1 Å². The van der Waals surface area contributed by atoms with E-state index in [9.17, 15) is 4.79 Å². The van der Waals surface area contributed by atoms with E-state index in [0.29, 0.717) is 13.0 Å². The van der Waals surface area contributed by atoms with Crippen molar-refractivity contribution in [3.8, 4) is 0 Å². The molecule has 1 atom stereocenters. The number of urea groups is 1. The number of likely N-dealkylation sites (N-methyl/N-ethyl adjacent to an activating group) is 1. The van der Waals surface area contributed by atoms with Crippen LogP contribution in [0, 0.1) is 13.8 Å². The van der Waals surface area contributed by atoms with Crippen LogP contribution in [0.25, 0.3) is 0 Å². The SMILES string of the molecule is Cc1cc(C)cc(CC(C)NC(=O)N(C)CCc2cnccn2)c1. The fourth-order valence-electron chi connectivity index (χ4n) is 2.76. The monoisotopic (exact) mass is 326 g/mol. The Labute approximate surface area is 144 Å². The summed E-state index contributed by atoms with van der Waals surface area (Å²) in [5, 5.41) is 3.05. The number of aromatic nitrogens is 2. The maximum Gasteiger partial charge on any atom is 0.317 e. The zero-order valence-electron chi connectivity index (χ0n) is 14.9. The number of nitrogens with one attached hydrogen (secondary N) is 1. The molecule has 2 rings (SSSR count). The smallest absolute Gasteiger partial charge is 0.317 e. The van der Waals surface area contributed by atoms with Gasteiger partial charge in [-0.1, -0.05) is 29.3 Å². The van der Waals surface area contributed by atoms with E-state index in [-0.39, 0.29) is 12.1 Å². The summed E-state index contributed by atoms with van der Waals surface area (Å²) >= 11 is 0. The fraction of sp³-hybridized carbons (Fsp3) is 0.421. The van der Waals surface area contributed by atoms with Gasteiger partial charge in [0.2, 0.25) is 0 Å². The quantitative estimate of drug-likeness (QED) is 0.888. The van der Waals surface area contributed by atoms with Crippen molar-refractivity contribution in [1.29, 1.82) is 0 Å². The van der Waals surface area contributed by atoms with Gasteiger partial charge in [-0.05, 0) is 32.8 Å². The molecule has 0 saturated carbocycles. The minimum Gasteiger partial charge on any atom is -0.335 e. The highest BCUT2D eigenvalue weighted by atomic mass is 16.2. The lowest BCUT2D eigenvalue weighted by Gasteiger charge is -2.21. The van der Waals surface area contributed by atoms with Gasteiger partial charge in [0, 0.05) is 44.6 Å². The van der Waals surface area contributed by atoms with Crippen molar-refractivity contribution < 1.29 is 4.79 Å². The van der Waals surface area contributed by atoms with Crippen LogP contribution in [-0.4, -0.2) is 40.5 Å². The molecule has 2 aromatic rings. The Balaban J connectivity index is 1.81.